The van der Waals surface area contributed by atoms with E-state index in [0.717, 1.165) is 17.5 Å². The van der Waals surface area contributed by atoms with E-state index in [1.165, 1.54) is 0 Å². The van der Waals surface area contributed by atoms with Crippen molar-refractivity contribution in [3.8, 4) is 17.2 Å². The molecule has 0 bridgehead atoms. The Kier molecular flexibility index (Phi) is 10.2. The fraction of sp³-hybridized carbons (Fsp3) is 0.310. The Morgan fingerprint density at radius 3 is 2.17 bits per heavy atom. The fourth-order valence-electron chi connectivity index (χ4n) is 3.79. The number of nitrogens with one attached hydrogen (secondary N) is 1. The Morgan fingerprint density at radius 1 is 0.833 bits per heavy atom. The summed E-state index contributed by atoms with van der Waals surface area (Å²) in [5, 5.41) is 2.97. The minimum atomic E-state index is -0.711. The first-order valence-corrected chi connectivity index (χ1v) is 12.0. The Hall–Kier alpha value is -4.00. The van der Waals surface area contributed by atoms with Gasteiger partial charge in [-0.15, -0.1) is 0 Å². The van der Waals surface area contributed by atoms with Crippen molar-refractivity contribution in [2.45, 2.75) is 32.4 Å². The molecule has 0 saturated heterocycles. The number of amides is 2. The Labute approximate surface area is 213 Å². The number of benzene rings is 3. The number of hydrogen-bond donors (Lipinski definition) is 1. The van der Waals surface area contributed by atoms with Gasteiger partial charge in [-0.25, -0.2) is 0 Å². The van der Waals surface area contributed by atoms with Gasteiger partial charge in [0.2, 0.25) is 5.91 Å². The van der Waals surface area contributed by atoms with Crippen molar-refractivity contribution in [3.63, 3.8) is 0 Å². The van der Waals surface area contributed by atoms with Crippen molar-refractivity contribution in [3.05, 3.63) is 90.0 Å². The molecular weight excluding hydrogens is 456 g/mol. The first-order chi connectivity index (χ1) is 17.5. The third kappa shape index (κ3) is 7.77. The van der Waals surface area contributed by atoms with E-state index in [9.17, 15) is 9.59 Å². The lowest BCUT2D eigenvalue weighted by atomic mass is 10.0. The number of methoxy groups -OCH3 is 2. The van der Waals surface area contributed by atoms with Crippen LogP contribution in [0, 0.1) is 0 Å². The van der Waals surface area contributed by atoms with Gasteiger partial charge in [-0.3, -0.25) is 9.59 Å². The molecule has 0 aliphatic rings. The minimum absolute atomic E-state index is 0.193. The molecule has 0 spiro atoms. The highest BCUT2D eigenvalue weighted by Gasteiger charge is 2.30. The quantitative estimate of drug-likeness (QED) is 0.388. The van der Waals surface area contributed by atoms with Crippen molar-refractivity contribution in [1.82, 2.24) is 10.2 Å². The summed E-state index contributed by atoms with van der Waals surface area (Å²) in [6.07, 6.45) is 1.18. The normalized spacial score (nSPS) is 11.3. The number of ether oxygens (including phenoxy) is 3. The molecule has 1 atom stereocenters. The lowest BCUT2D eigenvalue weighted by Gasteiger charge is -2.31. The van der Waals surface area contributed by atoms with E-state index >= 15 is 0 Å². The topological polar surface area (TPSA) is 77.1 Å². The number of carbonyl (C=O) groups is 2. The molecule has 3 rings (SSSR count). The SMILES string of the molecule is CCCNC(=O)[C@H](Cc1ccccc1)N(Cc1cccc(OC)c1)C(=O)COc1ccc(OC)cc1. The van der Waals surface area contributed by atoms with Crippen LogP contribution < -0.4 is 19.5 Å². The van der Waals surface area contributed by atoms with Gasteiger partial charge in [0.15, 0.2) is 6.61 Å². The molecule has 36 heavy (non-hydrogen) atoms. The van der Waals surface area contributed by atoms with Crippen LogP contribution in [0.5, 0.6) is 17.2 Å². The molecule has 0 radical (unpaired) electrons. The predicted octanol–water partition coefficient (Wildman–Crippen LogP) is 4.25. The highest BCUT2D eigenvalue weighted by Crippen LogP contribution is 2.20. The van der Waals surface area contributed by atoms with Crippen LogP contribution in [-0.4, -0.2) is 50.1 Å². The molecule has 2 amide bonds. The van der Waals surface area contributed by atoms with E-state index in [4.69, 9.17) is 14.2 Å². The summed E-state index contributed by atoms with van der Waals surface area (Å²) in [4.78, 5) is 28.5. The van der Waals surface area contributed by atoms with Gasteiger partial charge in [-0.2, -0.15) is 0 Å². The molecule has 0 heterocycles. The second-order valence-electron chi connectivity index (χ2n) is 8.33. The van der Waals surface area contributed by atoms with Crippen molar-refractivity contribution in [2.24, 2.45) is 0 Å². The van der Waals surface area contributed by atoms with Crippen LogP contribution in [0.15, 0.2) is 78.9 Å². The first-order valence-electron chi connectivity index (χ1n) is 12.0. The lowest BCUT2D eigenvalue weighted by molar-refractivity contribution is -0.142. The summed E-state index contributed by atoms with van der Waals surface area (Å²) in [7, 11) is 3.19. The van der Waals surface area contributed by atoms with Gasteiger partial charge in [0, 0.05) is 19.5 Å². The highest BCUT2D eigenvalue weighted by molar-refractivity contribution is 5.88. The molecule has 7 heteroatoms. The smallest absolute Gasteiger partial charge is 0.261 e. The fourth-order valence-corrected chi connectivity index (χ4v) is 3.79. The molecule has 1 N–H and O–H groups in total. The van der Waals surface area contributed by atoms with Crippen LogP contribution >= 0.6 is 0 Å². The van der Waals surface area contributed by atoms with E-state index in [-0.39, 0.29) is 25.0 Å². The van der Waals surface area contributed by atoms with Crippen molar-refractivity contribution in [2.75, 3.05) is 27.4 Å². The van der Waals surface area contributed by atoms with Gasteiger partial charge >= 0.3 is 0 Å². The summed E-state index contributed by atoms with van der Waals surface area (Å²) in [6.45, 7) is 2.56. The summed E-state index contributed by atoms with van der Waals surface area (Å²) < 4.78 is 16.3. The molecule has 0 aliphatic heterocycles. The summed E-state index contributed by atoms with van der Waals surface area (Å²) >= 11 is 0. The van der Waals surface area contributed by atoms with Gasteiger partial charge in [0.25, 0.3) is 5.91 Å². The predicted molar refractivity (Wildman–Crippen MR) is 139 cm³/mol. The van der Waals surface area contributed by atoms with Crippen molar-refractivity contribution >= 4 is 11.8 Å². The van der Waals surface area contributed by atoms with Crippen LogP contribution in [0.2, 0.25) is 0 Å². The average molecular weight is 491 g/mol. The molecule has 0 aromatic heterocycles. The van der Waals surface area contributed by atoms with Gasteiger partial charge in [-0.1, -0.05) is 49.4 Å². The van der Waals surface area contributed by atoms with E-state index in [1.807, 2.05) is 61.5 Å². The largest absolute Gasteiger partial charge is 0.497 e. The second kappa shape index (κ2) is 13.8. The van der Waals surface area contributed by atoms with Crippen LogP contribution in [0.25, 0.3) is 0 Å². The molecule has 190 valence electrons. The molecule has 0 fully saturated rings. The molecular formula is C29H34N2O5. The van der Waals surface area contributed by atoms with Gasteiger partial charge in [-0.05, 0) is 53.9 Å². The maximum Gasteiger partial charge on any atom is 0.261 e. The van der Waals surface area contributed by atoms with Crippen LogP contribution in [0.1, 0.15) is 24.5 Å². The van der Waals surface area contributed by atoms with Gasteiger partial charge < -0.3 is 24.4 Å². The van der Waals surface area contributed by atoms with E-state index in [1.54, 1.807) is 43.4 Å². The molecule has 0 saturated carbocycles. The zero-order valence-electron chi connectivity index (χ0n) is 21.1. The number of carbonyl (C=O) groups excluding carboxylic acids is 2. The van der Waals surface area contributed by atoms with E-state index in [2.05, 4.69) is 5.32 Å². The zero-order chi connectivity index (χ0) is 25.8. The summed E-state index contributed by atoms with van der Waals surface area (Å²) in [5.74, 6) is 1.44. The molecule has 0 aliphatic carbocycles. The van der Waals surface area contributed by atoms with Gasteiger partial charge in [0.05, 0.1) is 14.2 Å². The number of nitrogens with zero attached hydrogens (tertiary/aromatic N) is 1. The summed E-state index contributed by atoms with van der Waals surface area (Å²) in [5.41, 5.74) is 1.82. The standard InChI is InChI=1S/C29H34N2O5/c1-4-17-30-29(33)27(19-22-9-6-5-7-10-22)31(20-23-11-8-12-26(18-23)35-3)28(32)21-36-25-15-13-24(34-2)14-16-25/h5-16,18,27H,4,17,19-21H2,1-3H3,(H,30,33)/t27-/m0/s1. The first kappa shape index (κ1) is 26.6. The Bertz CT molecular complexity index is 1100. The number of hydrogen-bond acceptors (Lipinski definition) is 5. The van der Waals surface area contributed by atoms with E-state index in [0.29, 0.717) is 30.2 Å². The zero-order valence-corrected chi connectivity index (χ0v) is 21.1. The van der Waals surface area contributed by atoms with Crippen LogP contribution in [0.4, 0.5) is 0 Å². The third-order valence-corrected chi connectivity index (χ3v) is 5.73. The maximum atomic E-state index is 13.6. The average Bonchev–Trinajstić information content (AvgIpc) is 2.93. The Morgan fingerprint density at radius 2 is 1.50 bits per heavy atom. The highest BCUT2D eigenvalue weighted by atomic mass is 16.5. The second-order valence-corrected chi connectivity index (χ2v) is 8.33. The summed E-state index contributed by atoms with van der Waals surface area (Å²) in [6, 6.07) is 23.5. The van der Waals surface area contributed by atoms with Crippen molar-refractivity contribution in [1.29, 1.82) is 0 Å². The van der Waals surface area contributed by atoms with E-state index < -0.39 is 6.04 Å². The van der Waals surface area contributed by atoms with Gasteiger partial charge in [0.1, 0.15) is 23.3 Å². The molecule has 3 aromatic rings. The molecule has 0 unspecified atom stereocenters. The molecule has 7 nitrogen and oxygen atoms in total. The molecule has 3 aromatic carbocycles. The monoisotopic (exact) mass is 490 g/mol. The lowest BCUT2D eigenvalue weighted by Crippen LogP contribution is -2.51. The Balaban J connectivity index is 1.88. The third-order valence-electron chi connectivity index (χ3n) is 5.73. The number of rotatable bonds is 13. The van der Waals surface area contributed by atoms with Crippen LogP contribution in [-0.2, 0) is 22.6 Å². The minimum Gasteiger partial charge on any atom is -0.497 e. The maximum absolute atomic E-state index is 13.6. The van der Waals surface area contributed by atoms with Crippen molar-refractivity contribution < 1.29 is 23.8 Å². The van der Waals surface area contributed by atoms with Crippen LogP contribution in [0.3, 0.4) is 0 Å².